The van der Waals surface area contributed by atoms with Gasteiger partial charge in [-0.25, -0.2) is 4.98 Å². The largest absolute Gasteiger partial charge is 0.356 e. The Labute approximate surface area is 155 Å². The van der Waals surface area contributed by atoms with E-state index in [0.717, 1.165) is 30.0 Å². The first-order chi connectivity index (χ1) is 12.7. The molecule has 0 radical (unpaired) electrons. The van der Waals surface area contributed by atoms with Gasteiger partial charge < -0.3 is 10.2 Å². The van der Waals surface area contributed by atoms with Crippen LogP contribution in [0.2, 0.25) is 0 Å². The number of pyridine rings is 1. The Morgan fingerprint density at radius 2 is 1.96 bits per heavy atom. The fourth-order valence-corrected chi connectivity index (χ4v) is 3.45. The summed E-state index contributed by atoms with van der Waals surface area (Å²) in [5, 5.41) is 7.19. The van der Waals surface area contributed by atoms with E-state index >= 15 is 0 Å². The number of nitrogens with zero attached hydrogens (tertiary/aromatic N) is 4. The lowest BCUT2D eigenvalue weighted by molar-refractivity contribution is -0.121. The molecule has 0 aliphatic carbocycles. The lowest BCUT2D eigenvalue weighted by Crippen LogP contribution is -2.30. The first-order valence-electron chi connectivity index (χ1n) is 9.65. The van der Waals surface area contributed by atoms with Gasteiger partial charge in [0.1, 0.15) is 5.82 Å². The molecule has 0 saturated carbocycles. The molecule has 1 aliphatic heterocycles. The van der Waals surface area contributed by atoms with E-state index in [9.17, 15) is 4.79 Å². The van der Waals surface area contributed by atoms with E-state index in [2.05, 4.69) is 26.4 Å². The second-order valence-electron chi connectivity index (χ2n) is 7.04. The summed E-state index contributed by atoms with van der Waals surface area (Å²) >= 11 is 0. The smallest absolute Gasteiger partial charge is 0.220 e. The number of hydrogen-bond acceptors (Lipinski definition) is 4. The van der Waals surface area contributed by atoms with Crippen LogP contribution in [0.5, 0.6) is 0 Å². The van der Waals surface area contributed by atoms with Crippen LogP contribution in [0.3, 0.4) is 0 Å². The van der Waals surface area contributed by atoms with Gasteiger partial charge in [-0.2, -0.15) is 5.10 Å². The molecule has 3 rings (SSSR count). The number of amides is 1. The van der Waals surface area contributed by atoms with Crippen LogP contribution in [-0.2, 0) is 24.8 Å². The van der Waals surface area contributed by atoms with Gasteiger partial charge in [0, 0.05) is 51.1 Å². The highest BCUT2D eigenvalue weighted by atomic mass is 16.1. The van der Waals surface area contributed by atoms with E-state index in [1.54, 1.807) is 4.68 Å². The van der Waals surface area contributed by atoms with Gasteiger partial charge in [0.25, 0.3) is 0 Å². The average molecular weight is 355 g/mol. The summed E-state index contributed by atoms with van der Waals surface area (Å²) in [6.45, 7) is 2.64. The topological polar surface area (TPSA) is 63.1 Å². The van der Waals surface area contributed by atoms with Gasteiger partial charge in [-0.1, -0.05) is 25.3 Å². The third-order valence-corrected chi connectivity index (χ3v) is 4.90. The van der Waals surface area contributed by atoms with E-state index < -0.39 is 0 Å². The van der Waals surface area contributed by atoms with Crippen molar-refractivity contribution in [1.29, 1.82) is 0 Å². The third-order valence-electron chi connectivity index (χ3n) is 4.90. The van der Waals surface area contributed by atoms with Crippen molar-refractivity contribution in [2.24, 2.45) is 7.05 Å². The van der Waals surface area contributed by atoms with Crippen molar-refractivity contribution in [2.75, 3.05) is 18.0 Å². The maximum absolute atomic E-state index is 12.2. The molecule has 0 aromatic carbocycles. The van der Waals surface area contributed by atoms with E-state index in [4.69, 9.17) is 0 Å². The standard InChI is InChI=1S/C20H29N5O/c1-24-16-17(14-23-24)9-10-19(26)22-15-18-8-7-11-21-20(18)25-12-5-3-2-4-6-13-25/h7-8,11,14,16H,2-6,9-10,12-13,15H2,1H3,(H,22,26). The molecule has 26 heavy (non-hydrogen) atoms. The molecule has 0 spiro atoms. The number of carbonyl (C=O) groups excluding carboxylic acids is 1. The van der Waals surface area contributed by atoms with Crippen molar-refractivity contribution < 1.29 is 4.79 Å². The Bertz CT molecular complexity index is 704. The zero-order chi connectivity index (χ0) is 18.2. The van der Waals surface area contributed by atoms with Crippen LogP contribution in [0.1, 0.15) is 49.7 Å². The van der Waals surface area contributed by atoms with Gasteiger partial charge in [0.05, 0.1) is 6.20 Å². The predicted octanol–water partition coefficient (Wildman–Crippen LogP) is 2.83. The first-order valence-corrected chi connectivity index (χ1v) is 9.65. The molecule has 1 fully saturated rings. The average Bonchev–Trinajstić information content (AvgIpc) is 3.04. The number of aromatic nitrogens is 3. The second kappa shape index (κ2) is 9.36. The maximum Gasteiger partial charge on any atom is 0.220 e. The van der Waals surface area contributed by atoms with E-state index in [-0.39, 0.29) is 5.91 Å². The number of carbonyl (C=O) groups is 1. The van der Waals surface area contributed by atoms with Crippen LogP contribution < -0.4 is 10.2 Å². The van der Waals surface area contributed by atoms with Gasteiger partial charge in [0.15, 0.2) is 0 Å². The molecule has 140 valence electrons. The minimum atomic E-state index is 0.0660. The van der Waals surface area contributed by atoms with Crippen LogP contribution in [0.15, 0.2) is 30.7 Å². The summed E-state index contributed by atoms with van der Waals surface area (Å²) in [4.78, 5) is 19.2. The van der Waals surface area contributed by atoms with Crippen molar-refractivity contribution in [2.45, 2.75) is 51.5 Å². The monoisotopic (exact) mass is 355 g/mol. The molecule has 2 aromatic heterocycles. The fraction of sp³-hybridized carbons (Fsp3) is 0.550. The molecular weight excluding hydrogens is 326 g/mol. The van der Waals surface area contributed by atoms with Crippen molar-refractivity contribution in [3.8, 4) is 0 Å². The van der Waals surface area contributed by atoms with Gasteiger partial charge in [0.2, 0.25) is 5.91 Å². The Morgan fingerprint density at radius 1 is 1.19 bits per heavy atom. The zero-order valence-electron chi connectivity index (χ0n) is 15.7. The van der Waals surface area contributed by atoms with E-state index in [0.29, 0.717) is 19.4 Å². The van der Waals surface area contributed by atoms with Crippen molar-refractivity contribution in [3.63, 3.8) is 0 Å². The molecule has 1 saturated heterocycles. The van der Waals surface area contributed by atoms with E-state index in [1.165, 1.54) is 32.1 Å². The van der Waals surface area contributed by atoms with Gasteiger partial charge in [-0.15, -0.1) is 0 Å². The van der Waals surface area contributed by atoms with E-state index in [1.807, 2.05) is 31.7 Å². The number of hydrogen-bond donors (Lipinski definition) is 1. The molecule has 1 amide bonds. The van der Waals surface area contributed by atoms with Crippen LogP contribution in [0, 0.1) is 0 Å². The lowest BCUT2D eigenvalue weighted by Gasteiger charge is -2.27. The Balaban J connectivity index is 1.54. The number of nitrogens with one attached hydrogen (secondary N) is 1. The normalized spacial score (nSPS) is 15.3. The van der Waals surface area contributed by atoms with Gasteiger partial charge in [-0.05, 0) is 30.9 Å². The second-order valence-corrected chi connectivity index (χ2v) is 7.04. The quantitative estimate of drug-likeness (QED) is 0.865. The summed E-state index contributed by atoms with van der Waals surface area (Å²) in [5.74, 6) is 1.10. The zero-order valence-corrected chi connectivity index (χ0v) is 15.7. The highest BCUT2D eigenvalue weighted by molar-refractivity contribution is 5.76. The van der Waals surface area contributed by atoms with Crippen molar-refractivity contribution in [1.82, 2.24) is 20.1 Å². The third kappa shape index (κ3) is 5.31. The van der Waals surface area contributed by atoms with Gasteiger partial charge >= 0.3 is 0 Å². The van der Waals surface area contributed by atoms with Gasteiger partial charge in [-0.3, -0.25) is 9.48 Å². The lowest BCUT2D eigenvalue weighted by atomic mass is 10.1. The molecule has 1 N–H and O–H groups in total. The molecule has 6 nitrogen and oxygen atoms in total. The summed E-state index contributed by atoms with van der Waals surface area (Å²) in [6, 6.07) is 4.02. The fourth-order valence-electron chi connectivity index (χ4n) is 3.45. The van der Waals surface area contributed by atoms with Crippen molar-refractivity contribution >= 4 is 11.7 Å². The number of aryl methyl sites for hydroxylation is 2. The highest BCUT2D eigenvalue weighted by Gasteiger charge is 2.14. The molecular formula is C20H29N5O. The van der Waals surface area contributed by atoms with Crippen LogP contribution in [0.25, 0.3) is 0 Å². The molecule has 1 aliphatic rings. The summed E-state index contributed by atoms with van der Waals surface area (Å²) in [7, 11) is 1.89. The molecule has 0 atom stereocenters. The maximum atomic E-state index is 12.2. The Hall–Kier alpha value is -2.37. The van der Waals surface area contributed by atoms with Crippen LogP contribution >= 0.6 is 0 Å². The van der Waals surface area contributed by atoms with Crippen LogP contribution in [-0.4, -0.2) is 33.8 Å². The summed E-state index contributed by atoms with van der Waals surface area (Å²) in [5.41, 5.74) is 2.19. The molecule has 6 heteroatoms. The molecule has 3 heterocycles. The number of anilines is 1. The minimum Gasteiger partial charge on any atom is -0.356 e. The predicted molar refractivity (Wildman–Crippen MR) is 103 cm³/mol. The first kappa shape index (κ1) is 18.4. The Kier molecular flexibility index (Phi) is 6.63. The number of rotatable bonds is 6. The summed E-state index contributed by atoms with van der Waals surface area (Å²) in [6.07, 6.45) is 13.2. The molecule has 2 aromatic rings. The SMILES string of the molecule is Cn1cc(CCC(=O)NCc2cccnc2N2CCCCCCC2)cn1. The van der Waals surface area contributed by atoms with Crippen molar-refractivity contribution in [3.05, 3.63) is 41.9 Å². The van der Waals surface area contributed by atoms with Crippen LogP contribution in [0.4, 0.5) is 5.82 Å². The molecule has 0 bridgehead atoms. The highest BCUT2D eigenvalue weighted by Crippen LogP contribution is 2.21. The molecule has 0 unspecified atom stereocenters. The summed E-state index contributed by atoms with van der Waals surface area (Å²) < 4.78 is 1.76. The minimum absolute atomic E-state index is 0.0660. The Morgan fingerprint density at radius 3 is 2.69 bits per heavy atom.